The lowest BCUT2D eigenvalue weighted by Crippen LogP contribution is -2.03. The van der Waals surface area contributed by atoms with E-state index in [1.807, 2.05) is 0 Å². The fraction of sp³-hybridized carbons (Fsp3) is 0.286. The molecule has 0 amide bonds. The summed E-state index contributed by atoms with van der Waals surface area (Å²) in [5, 5.41) is 10.3. The SMILES string of the molecule is COc1cc(C(F)F)c([N+](=O)[O-])c(F)n1. The molecule has 0 aliphatic rings. The van der Waals surface area contributed by atoms with Gasteiger partial charge in [-0.2, -0.15) is 9.37 Å². The first-order valence-corrected chi connectivity index (χ1v) is 3.64. The lowest BCUT2D eigenvalue weighted by atomic mass is 10.2. The van der Waals surface area contributed by atoms with Crippen LogP contribution in [0.3, 0.4) is 0 Å². The summed E-state index contributed by atoms with van der Waals surface area (Å²) < 4.78 is 42.0. The van der Waals surface area contributed by atoms with E-state index < -0.39 is 34.4 Å². The molecule has 0 saturated carbocycles. The van der Waals surface area contributed by atoms with Gasteiger partial charge in [0, 0.05) is 6.07 Å². The van der Waals surface area contributed by atoms with Gasteiger partial charge in [0.25, 0.3) is 12.4 Å². The highest BCUT2D eigenvalue weighted by atomic mass is 19.3. The van der Waals surface area contributed by atoms with Gasteiger partial charge < -0.3 is 4.74 Å². The standard InChI is InChI=1S/C7H5F3N2O3/c1-15-4-2-3(6(8)9)5(12(13)14)7(10)11-4/h2,6H,1H3. The van der Waals surface area contributed by atoms with Crippen LogP contribution in [0, 0.1) is 16.1 Å². The molecular weight excluding hydrogens is 217 g/mol. The number of halogens is 3. The molecule has 0 saturated heterocycles. The van der Waals surface area contributed by atoms with Crippen LogP contribution in [0.1, 0.15) is 12.0 Å². The fourth-order valence-corrected chi connectivity index (χ4v) is 0.954. The minimum atomic E-state index is -3.17. The van der Waals surface area contributed by atoms with Gasteiger partial charge in [-0.1, -0.05) is 0 Å². The van der Waals surface area contributed by atoms with E-state index in [0.29, 0.717) is 6.07 Å². The second-order valence-electron chi connectivity index (χ2n) is 2.45. The quantitative estimate of drug-likeness (QED) is 0.446. The summed E-state index contributed by atoms with van der Waals surface area (Å²) in [6, 6.07) is 0.631. The molecule has 1 aromatic heterocycles. The number of hydrogen-bond acceptors (Lipinski definition) is 4. The van der Waals surface area contributed by atoms with E-state index in [0.717, 1.165) is 7.11 Å². The molecular formula is C7H5F3N2O3. The third-order valence-electron chi connectivity index (χ3n) is 1.58. The zero-order valence-electron chi connectivity index (χ0n) is 7.41. The highest BCUT2D eigenvalue weighted by molar-refractivity contribution is 5.42. The topological polar surface area (TPSA) is 65.3 Å². The Morgan fingerprint density at radius 2 is 2.20 bits per heavy atom. The van der Waals surface area contributed by atoms with Gasteiger partial charge in [-0.25, -0.2) is 8.78 Å². The molecule has 8 heteroatoms. The molecule has 0 aliphatic carbocycles. The third kappa shape index (κ3) is 2.14. The van der Waals surface area contributed by atoms with E-state index >= 15 is 0 Å². The molecule has 1 aromatic rings. The highest BCUT2D eigenvalue weighted by Gasteiger charge is 2.28. The largest absolute Gasteiger partial charge is 0.481 e. The smallest absolute Gasteiger partial charge is 0.333 e. The molecule has 0 spiro atoms. The van der Waals surface area contributed by atoms with Crippen LogP contribution in [-0.4, -0.2) is 17.0 Å². The van der Waals surface area contributed by atoms with Crippen molar-refractivity contribution >= 4 is 5.69 Å². The molecule has 82 valence electrons. The number of rotatable bonds is 3. The summed E-state index contributed by atoms with van der Waals surface area (Å²) in [5.74, 6) is -2.02. The van der Waals surface area contributed by atoms with Crippen molar-refractivity contribution in [2.75, 3.05) is 7.11 Å². The molecule has 1 rings (SSSR count). The van der Waals surface area contributed by atoms with Gasteiger partial charge in [0.1, 0.15) is 5.56 Å². The van der Waals surface area contributed by atoms with Crippen molar-refractivity contribution in [1.82, 2.24) is 4.98 Å². The van der Waals surface area contributed by atoms with Crippen LogP contribution >= 0.6 is 0 Å². The van der Waals surface area contributed by atoms with Crippen LogP contribution in [-0.2, 0) is 0 Å². The predicted molar refractivity (Wildman–Crippen MR) is 42.4 cm³/mol. The molecule has 0 fully saturated rings. The Balaban J connectivity index is 3.42. The van der Waals surface area contributed by atoms with Gasteiger partial charge in [0.2, 0.25) is 5.88 Å². The zero-order valence-corrected chi connectivity index (χ0v) is 7.41. The summed E-state index contributed by atoms with van der Waals surface area (Å²) in [7, 11) is 1.09. The normalized spacial score (nSPS) is 10.5. The Kier molecular flexibility index (Phi) is 3.08. The highest BCUT2D eigenvalue weighted by Crippen LogP contribution is 2.32. The maximum Gasteiger partial charge on any atom is 0.333 e. The molecule has 1 heterocycles. The number of nitrogens with zero attached hydrogens (tertiary/aromatic N) is 2. The molecule has 0 aliphatic heterocycles. The Bertz CT molecular complexity index is 397. The zero-order chi connectivity index (χ0) is 11.6. The average Bonchev–Trinajstić information content (AvgIpc) is 2.15. The van der Waals surface area contributed by atoms with E-state index in [-0.39, 0.29) is 0 Å². The van der Waals surface area contributed by atoms with Gasteiger partial charge in [0.15, 0.2) is 0 Å². The van der Waals surface area contributed by atoms with Crippen molar-refractivity contribution in [2.45, 2.75) is 6.43 Å². The van der Waals surface area contributed by atoms with Crippen LogP contribution < -0.4 is 4.74 Å². The fourth-order valence-electron chi connectivity index (χ4n) is 0.954. The van der Waals surface area contributed by atoms with Crippen LogP contribution in [0.4, 0.5) is 18.9 Å². The molecule has 5 nitrogen and oxygen atoms in total. The van der Waals surface area contributed by atoms with E-state index in [9.17, 15) is 23.3 Å². The lowest BCUT2D eigenvalue weighted by Gasteiger charge is -2.04. The molecule has 0 bridgehead atoms. The summed E-state index contributed by atoms with van der Waals surface area (Å²) in [5.41, 5.74) is -2.38. The Hall–Kier alpha value is -1.86. The lowest BCUT2D eigenvalue weighted by molar-refractivity contribution is -0.389. The first-order valence-electron chi connectivity index (χ1n) is 3.64. The molecule has 0 aromatic carbocycles. The maximum atomic E-state index is 12.9. The molecule has 0 N–H and O–H groups in total. The van der Waals surface area contributed by atoms with E-state index in [4.69, 9.17) is 0 Å². The minimum Gasteiger partial charge on any atom is -0.481 e. The van der Waals surface area contributed by atoms with Crippen LogP contribution in [0.5, 0.6) is 5.88 Å². The number of ether oxygens (including phenoxy) is 1. The van der Waals surface area contributed by atoms with E-state index in [1.165, 1.54) is 0 Å². The van der Waals surface area contributed by atoms with Crippen molar-refractivity contribution in [2.24, 2.45) is 0 Å². The number of hydrogen-bond donors (Lipinski definition) is 0. The number of aromatic nitrogens is 1. The molecule has 0 atom stereocenters. The van der Waals surface area contributed by atoms with Crippen molar-refractivity contribution in [3.63, 3.8) is 0 Å². The summed E-state index contributed by atoms with van der Waals surface area (Å²) >= 11 is 0. The number of methoxy groups -OCH3 is 1. The second-order valence-corrected chi connectivity index (χ2v) is 2.45. The van der Waals surface area contributed by atoms with Gasteiger partial charge in [-0.15, -0.1) is 0 Å². The Morgan fingerprint density at radius 1 is 1.60 bits per heavy atom. The van der Waals surface area contributed by atoms with Gasteiger partial charge >= 0.3 is 5.69 Å². The second kappa shape index (κ2) is 4.11. The van der Waals surface area contributed by atoms with Crippen molar-refractivity contribution in [3.05, 3.63) is 27.7 Å². The van der Waals surface area contributed by atoms with Crippen molar-refractivity contribution in [3.8, 4) is 5.88 Å². The summed E-state index contributed by atoms with van der Waals surface area (Å²) in [6.07, 6.45) is -3.17. The van der Waals surface area contributed by atoms with Crippen LogP contribution in [0.25, 0.3) is 0 Å². The number of nitro groups is 1. The molecule has 15 heavy (non-hydrogen) atoms. The minimum absolute atomic E-state index is 0.437. The van der Waals surface area contributed by atoms with Gasteiger partial charge in [0.05, 0.1) is 12.0 Å². The van der Waals surface area contributed by atoms with Crippen molar-refractivity contribution < 1.29 is 22.8 Å². The van der Waals surface area contributed by atoms with Crippen LogP contribution in [0.2, 0.25) is 0 Å². The number of pyridine rings is 1. The monoisotopic (exact) mass is 222 g/mol. The molecule has 0 radical (unpaired) electrons. The average molecular weight is 222 g/mol. The number of alkyl halides is 2. The Labute approximate surface area is 81.6 Å². The summed E-state index contributed by atoms with van der Waals surface area (Å²) in [4.78, 5) is 12.0. The molecule has 0 unspecified atom stereocenters. The van der Waals surface area contributed by atoms with Crippen molar-refractivity contribution in [1.29, 1.82) is 0 Å². The first kappa shape index (κ1) is 11.2. The van der Waals surface area contributed by atoms with Crippen LogP contribution in [0.15, 0.2) is 6.07 Å². The van der Waals surface area contributed by atoms with E-state index in [2.05, 4.69) is 9.72 Å². The van der Waals surface area contributed by atoms with Gasteiger partial charge in [-0.3, -0.25) is 10.1 Å². The Morgan fingerprint density at radius 3 is 2.60 bits per heavy atom. The first-order chi connectivity index (χ1) is 6.97. The predicted octanol–water partition coefficient (Wildman–Crippen LogP) is 2.08. The third-order valence-corrected chi connectivity index (χ3v) is 1.58. The summed E-state index contributed by atoms with van der Waals surface area (Å²) in [6.45, 7) is 0. The van der Waals surface area contributed by atoms with E-state index in [1.54, 1.807) is 0 Å². The maximum absolute atomic E-state index is 12.9. The van der Waals surface area contributed by atoms with Gasteiger partial charge in [-0.05, 0) is 0 Å².